The summed E-state index contributed by atoms with van der Waals surface area (Å²) in [5.74, 6) is -0.184. The van der Waals surface area contributed by atoms with Crippen LogP contribution in [0.2, 0.25) is 0 Å². The van der Waals surface area contributed by atoms with Crippen LogP contribution in [-0.4, -0.2) is 37.0 Å². The molecule has 0 saturated heterocycles. The van der Waals surface area contributed by atoms with E-state index in [9.17, 15) is 18.4 Å². The predicted molar refractivity (Wildman–Crippen MR) is 95.3 cm³/mol. The molecule has 0 atom stereocenters. The van der Waals surface area contributed by atoms with Gasteiger partial charge in [-0.2, -0.15) is 8.78 Å². The van der Waals surface area contributed by atoms with Gasteiger partial charge < -0.3 is 4.90 Å². The van der Waals surface area contributed by atoms with Gasteiger partial charge in [-0.25, -0.2) is 9.97 Å². The third-order valence-corrected chi connectivity index (χ3v) is 4.39. The van der Waals surface area contributed by atoms with Crippen LogP contribution in [0.15, 0.2) is 41.7 Å². The average molecular weight is 375 g/mol. The molecule has 0 aliphatic rings. The van der Waals surface area contributed by atoms with E-state index in [0.29, 0.717) is 15.5 Å². The number of carbonyl (C=O) groups is 1. The van der Waals surface area contributed by atoms with Gasteiger partial charge in [-0.3, -0.25) is 18.7 Å². The van der Waals surface area contributed by atoms with Crippen LogP contribution < -0.4 is 5.56 Å². The molecule has 9 heteroatoms. The highest BCUT2D eigenvalue weighted by atomic mass is 19.3. The molecule has 0 N–H and O–H groups in total. The summed E-state index contributed by atoms with van der Waals surface area (Å²) in [4.78, 5) is 34.3. The maximum absolute atomic E-state index is 12.9. The van der Waals surface area contributed by atoms with Crippen LogP contribution in [-0.2, 0) is 17.9 Å². The summed E-state index contributed by atoms with van der Waals surface area (Å²) in [6.07, 6.45) is 3.90. The van der Waals surface area contributed by atoms with E-state index in [0.717, 1.165) is 5.56 Å². The third-order valence-electron chi connectivity index (χ3n) is 4.39. The number of imidazole rings is 1. The van der Waals surface area contributed by atoms with Crippen LogP contribution in [0.5, 0.6) is 0 Å². The second-order valence-corrected chi connectivity index (χ2v) is 6.24. The fraction of sp³-hybridized carbons (Fsp3) is 0.333. The minimum Gasteiger partial charge on any atom is -0.338 e. The molecule has 0 spiro atoms. The lowest BCUT2D eigenvalue weighted by Crippen LogP contribution is -2.30. The lowest BCUT2D eigenvalue weighted by atomic mass is 10.1. The normalized spacial score (nSPS) is 11.3. The maximum atomic E-state index is 12.9. The van der Waals surface area contributed by atoms with E-state index in [1.165, 1.54) is 35.2 Å². The van der Waals surface area contributed by atoms with E-state index in [4.69, 9.17) is 0 Å². The molecule has 0 bridgehead atoms. The molecule has 3 rings (SSSR count). The first-order valence-corrected chi connectivity index (χ1v) is 8.37. The number of benzene rings is 1. The molecule has 142 valence electrons. The average Bonchev–Trinajstić information content (AvgIpc) is 3.10. The van der Waals surface area contributed by atoms with Gasteiger partial charge in [-0.15, -0.1) is 0 Å². The Balaban J connectivity index is 1.68. The quantitative estimate of drug-likeness (QED) is 0.663. The highest BCUT2D eigenvalue weighted by Gasteiger charge is 2.16. The number of amides is 1. The van der Waals surface area contributed by atoms with Crippen molar-refractivity contribution in [2.45, 2.75) is 33.0 Å². The number of para-hydroxylation sites is 1. The lowest BCUT2D eigenvalue weighted by molar-refractivity contribution is -0.130. The van der Waals surface area contributed by atoms with Crippen molar-refractivity contribution in [3.63, 3.8) is 0 Å². The number of aromatic nitrogens is 4. The van der Waals surface area contributed by atoms with Crippen LogP contribution in [0.4, 0.5) is 8.78 Å². The molecule has 27 heavy (non-hydrogen) atoms. The zero-order valence-corrected chi connectivity index (χ0v) is 15.0. The molecule has 1 amide bonds. The topological polar surface area (TPSA) is 73.0 Å². The van der Waals surface area contributed by atoms with Crippen molar-refractivity contribution in [3.05, 3.63) is 58.7 Å². The monoisotopic (exact) mass is 375 g/mol. The van der Waals surface area contributed by atoms with Gasteiger partial charge in [-0.05, 0) is 18.6 Å². The SMILES string of the molecule is Cc1cccc2c(=O)n(CCC(=O)N(C)Cc3nccn3C(F)F)cnc12. The van der Waals surface area contributed by atoms with Gasteiger partial charge in [0.1, 0.15) is 5.82 Å². The van der Waals surface area contributed by atoms with Gasteiger partial charge in [0.15, 0.2) is 0 Å². The summed E-state index contributed by atoms with van der Waals surface area (Å²) in [6, 6.07) is 5.36. The standard InChI is InChI=1S/C18H19F2N5O2/c1-12-4-3-5-13-16(12)22-11-24(17(13)27)8-6-15(26)23(2)10-14-21-7-9-25(14)18(19)20/h3-5,7,9,11,18H,6,8,10H2,1-2H3. The molecule has 0 unspecified atom stereocenters. The van der Waals surface area contributed by atoms with Crippen molar-refractivity contribution in [1.29, 1.82) is 0 Å². The molecule has 1 aromatic carbocycles. The lowest BCUT2D eigenvalue weighted by Gasteiger charge is -2.18. The highest BCUT2D eigenvalue weighted by Crippen LogP contribution is 2.14. The number of hydrogen-bond donors (Lipinski definition) is 0. The smallest absolute Gasteiger partial charge is 0.319 e. The minimum absolute atomic E-state index is 0.0414. The Hall–Kier alpha value is -3.10. The number of carbonyl (C=O) groups excluding carboxylic acids is 1. The largest absolute Gasteiger partial charge is 0.338 e. The van der Waals surface area contributed by atoms with Crippen LogP contribution in [0.25, 0.3) is 10.9 Å². The van der Waals surface area contributed by atoms with E-state index in [1.54, 1.807) is 12.1 Å². The van der Waals surface area contributed by atoms with Crippen molar-refractivity contribution in [2.75, 3.05) is 7.05 Å². The van der Waals surface area contributed by atoms with Crippen molar-refractivity contribution >= 4 is 16.8 Å². The van der Waals surface area contributed by atoms with E-state index >= 15 is 0 Å². The molecule has 0 saturated carbocycles. The van der Waals surface area contributed by atoms with Crippen LogP contribution >= 0.6 is 0 Å². The van der Waals surface area contributed by atoms with Gasteiger partial charge in [-0.1, -0.05) is 12.1 Å². The summed E-state index contributed by atoms with van der Waals surface area (Å²) in [7, 11) is 1.51. The van der Waals surface area contributed by atoms with Crippen molar-refractivity contribution in [1.82, 2.24) is 24.0 Å². The zero-order valence-electron chi connectivity index (χ0n) is 15.0. The summed E-state index contributed by atoms with van der Waals surface area (Å²) in [5, 5.41) is 0.497. The second kappa shape index (κ2) is 7.65. The van der Waals surface area contributed by atoms with Gasteiger partial charge in [0.05, 0.1) is 23.8 Å². The number of fused-ring (bicyclic) bond motifs is 1. The number of hydrogen-bond acceptors (Lipinski definition) is 4. The van der Waals surface area contributed by atoms with Crippen LogP contribution in [0.3, 0.4) is 0 Å². The molecule has 7 nitrogen and oxygen atoms in total. The van der Waals surface area contributed by atoms with Gasteiger partial charge >= 0.3 is 6.55 Å². The first-order valence-electron chi connectivity index (χ1n) is 8.37. The Morgan fingerprint density at radius 3 is 2.81 bits per heavy atom. The minimum atomic E-state index is -2.71. The fourth-order valence-corrected chi connectivity index (χ4v) is 2.85. The van der Waals surface area contributed by atoms with E-state index in [-0.39, 0.29) is 36.8 Å². The molecule has 0 aliphatic heterocycles. The third kappa shape index (κ3) is 3.86. The number of aryl methyl sites for hydroxylation is 2. The Labute approximate surface area is 153 Å². The van der Waals surface area contributed by atoms with Crippen LogP contribution in [0, 0.1) is 6.92 Å². The summed E-state index contributed by atoms with van der Waals surface area (Å²) < 4.78 is 27.8. The molecule has 0 fully saturated rings. The highest BCUT2D eigenvalue weighted by molar-refractivity contribution is 5.80. The Bertz CT molecular complexity index is 1030. The van der Waals surface area contributed by atoms with Crippen molar-refractivity contribution < 1.29 is 13.6 Å². The number of rotatable bonds is 6. The second-order valence-electron chi connectivity index (χ2n) is 6.24. The number of nitrogens with zero attached hydrogens (tertiary/aromatic N) is 5. The summed E-state index contributed by atoms with van der Waals surface area (Å²) in [6.45, 7) is -0.722. The maximum Gasteiger partial charge on any atom is 0.319 e. The van der Waals surface area contributed by atoms with Crippen molar-refractivity contribution in [2.24, 2.45) is 0 Å². The van der Waals surface area contributed by atoms with Crippen molar-refractivity contribution in [3.8, 4) is 0 Å². The van der Waals surface area contributed by atoms with E-state index < -0.39 is 6.55 Å². The Kier molecular flexibility index (Phi) is 5.29. The number of alkyl halides is 2. The zero-order chi connectivity index (χ0) is 19.6. The molecule has 0 aliphatic carbocycles. The van der Waals surface area contributed by atoms with E-state index in [1.807, 2.05) is 13.0 Å². The van der Waals surface area contributed by atoms with E-state index in [2.05, 4.69) is 9.97 Å². The summed E-state index contributed by atoms with van der Waals surface area (Å²) in [5.41, 5.74) is 1.33. The van der Waals surface area contributed by atoms with Gasteiger partial charge in [0.2, 0.25) is 5.91 Å². The molecule has 0 radical (unpaired) electrons. The molecular formula is C18H19F2N5O2. The first-order chi connectivity index (χ1) is 12.9. The number of halogens is 2. The fourth-order valence-electron chi connectivity index (χ4n) is 2.85. The molecule has 2 aromatic heterocycles. The molecule has 2 heterocycles. The molecular weight excluding hydrogens is 356 g/mol. The first kappa shape index (κ1) is 18.7. The predicted octanol–water partition coefficient (Wildman–Crippen LogP) is 2.35. The molecule has 3 aromatic rings. The van der Waals surface area contributed by atoms with Crippen LogP contribution in [0.1, 0.15) is 24.4 Å². The van der Waals surface area contributed by atoms with Gasteiger partial charge in [0, 0.05) is 32.4 Å². The Morgan fingerprint density at radius 1 is 1.30 bits per heavy atom. The van der Waals surface area contributed by atoms with Gasteiger partial charge in [0.25, 0.3) is 5.56 Å². The Morgan fingerprint density at radius 2 is 2.07 bits per heavy atom. The summed E-state index contributed by atoms with van der Waals surface area (Å²) >= 11 is 0.